The monoisotopic (exact) mass is 165 g/mol. The Balaban J connectivity index is 4.02. The quantitative estimate of drug-likeness (QED) is 0.526. The molecule has 0 N–H and O–H groups in total. The van der Waals surface area contributed by atoms with Gasteiger partial charge in [0.1, 0.15) is 6.29 Å². The summed E-state index contributed by atoms with van der Waals surface area (Å²) in [4.78, 5) is 9.79. The number of hydrogen-bond acceptors (Lipinski definition) is 3. The molecule has 4 nitrogen and oxygen atoms in total. The Kier molecular flexibility index (Phi) is 3.52. The van der Waals surface area contributed by atoms with Gasteiger partial charge in [-0.25, -0.2) is 12.7 Å². The smallest absolute Gasteiger partial charge is 0.214 e. The van der Waals surface area contributed by atoms with E-state index in [-0.39, 0.29) is 12.2 Å². The van der Waals surface area contributed by atoms with Crippen molar-refractivity contribution in [1.82, 2.24) is 4.31 Å². The first-order valence-corrected chi connectivity index (χ1v) is 4.45. The lowest BCUT2D eigenvalue weighted by Crippen LogP contribution is -2.25. The molecule has 0 saturated heterocycles. The maximum atomic E-state index is 10.9. The molecule has 0 radical (unpaired) electrons. The largest absolute Gasteiger partial charge is 0.303 e. The second kappa shape index (κ2) is 3.68. The zero-order chi connectivity index (χ0) is 8.20. The molecule has 0 rings (SSSR count). The summed E-state index contributed by atoms with van der Waals surface area (Å²) in [5.74, 6) is -0.0938. The van der Waals surface area contributed by atoms with E-state index in [0.29, 0.717) is 6.29 Å². The van der Waals surface area contributed by atoms with Crippen molar-refractivity contribution in [3.8, 4) is 0 Å². The summed E-state index contributed by atoms with van der Waals surface area (Å²) in [5, 5.41) is 0. The van der Waals surface area contributed by atoms with Crippen LogP contribution in [0.5, 0.6) is 0 Å². The SMILES string of the molecule is CN(C)S(=O)(=O)CCC=O. The standard InChI is InChI=1S/C5H11NO3S/c1-6(2)10(8,9)5-3-4-7/h4H,3,5H2,1-2H3. The van der Waals surface area contributed by atoms with E-state index in [1.165, 1.54) is 14.1 Å². The summed E-state index contributed by atoms with van der Waals surface area (Å²) < 4.78 is 22.8. The number of aldehydes is 1. The van der Waals surface area contributed by atoms with Crippen LogP contribution in [0, 0.1) is 0 Å². The number of hydrogen-bond donors (Lipinski definition) is 0. The number of sulfonamides is 1. The van der Waals surface area contributed by atoms with E-state index in [1.54, 1.807) is 0 Å². The Morgan fingerprint density at radius 1 is 1.40 bits per heavy atom. The third kappa shape index (κ3) is 2.93. The summed E-state index contributed by atoms with van der Waals surface area (Å²) in [7, 11) is -0.269. The molecule has 0 aromatic carbocycles. The molecule has 0 bridgehead atoms. The number of rotatable bonds is 4. The Morgan fingerprint density at radius 2 is 1.90 bits per heavy atom. The molecule has 0 aromatic heterocycles. The van der Waals surface area contributed by atoms with E-state index < -0.39 is 10.0 Å². The fourth-order valence-electron chi connectivity index (χ4n) is 0.380. The predicted octanol–water partition coefficient (Wildman–Crippen LogP) is -0.533. The normalized spacial score (nSPS) is 11.9. The van der Waals surface area contributed by atoms with Crippen LogP contribution in [0.25, 0.3) is 0 Å². The minimum Gasteiger partial charge on any atom is -0.303 e. The van der Waals surface area contributed by atoms with Crippen molar-refractivity contribution in [1.29, 1.82) is 0 Å². The number of carbonyl (C=O) groups is 1. The first-order valence-electron chi connectivity index (χ1n) is 2.84. The van der Waals surface area contributed by atoms with Crippen molar-refractivity contribution in [3.63, 3.8) is 0 Å². The molecule has 0 aliphatic carbocycles. The van der Waals surface area contributed by atoms with Gasteiger partial charge in [-0.3, -0.25) is 0 Å². The van der Waals surface area contributed by atoms with Crippen LogP contribution >= 0.6 is 0 Å². The van der Waals surface area contributed by atoms with Gasteiger partial charge in [0, 0.05) is 20.5 Å². The molecule has 0 atom stereocenters. The molecule has 0 unspecified atom stereocenters. The Hall–Kier alpha value is -0.420. The van der Waals surface area contributed by atoms with Crippen molar-refractivity contribution in [2.75, 3.05) is 19.8 Å². The van der Waals surface area contributed by atoms with Gasteiger partial charge >= 0.3 is 0 Å². The molecule has 0 saturated carbocycles. The molecule has 5 heteroatoms. The lowest BCUT2D eigenvalue weighted by Gasteiger charge is -2.08. The van der Waals surface area contributed by atoms with Crippen LogP contribution in [0.15, 0.2) is 0 Å². The highest BCUT2D eigenvalue weighted by Gasteiger charge is 2.11. The van der Waals surface area contributed by atoms with Crippen molar-refractivity contribution in [3.05, 3.63) is 0 Å². The first kappa shape index (κ1) is 9.58. The van der Waals surface area contributed by atoms with Gasteiger partial charge in [0.25, 0.3) is 0 Å². The molecular formula is C5H11NO3S. The zero-order valence-corrected chi connectivity index (χ0v) is 6.89. The Bertz CT molecular complexity index is 195. The highest BCUT2D eigenvalue weighted by molar-refractivity contribution is 7.89. The fraction of sp³-hybridized carbons (Fsp3) is 0.800. The molecule has 10 heavy (non-hydrogen) atoms. The highest BCUT2D eigenvalue weighted by atomic mass is 32.2. The molecular weight excluding hydrogens is 154 g/mol. The van der Waals surface area contributed by atoms with Crippen LogP contribution in [0.1, 0.15) is 6.42 Å². The van der Waals surface area contributed by atoms with Crippen molar-refractivity contribution < 1.29 is 13.2 Å². The molecule has 0 amide bonds. The average molecular weight is 165 g/mol. The summed E-state index contributed by atoms with van der Waals surface area (Å²) in [5.41, 5.74) is 0. The lowest BCUT2D eigenvalue weighted by molar-refractivity contribution is -0.107. The molecule has 60 valence electrons. The second-order valence-corrected chi connectivity index (χ2v) is 4.36. The van der Waals surface area contributed by atoms with Crippen LogP contribution in [0.4, 0.5) is 0 Å². The maximum Gasteiger partial charge on any atom is 0.214 e. The molecule has 0 heterocycles. The molecule has 0 aliphatic rings. The van der Waals surface area contributed by atoms with E-state index >= 15 is 0 Å². The van der Waals surface area contributed by atoms with Crippen LogP contribution in [-0.4, -0.2) is 38.9 Å². The van der Waals surface area contributed by atoms with Crippen molar-refractivity contribution >= 4 is 16.3 Å². The van der Waals surface area contributed by atoms with E-state index in [0.717, 1.165) is 4.31 Å². The van der Waals surface area contributed by atoms with E-state index in [2.05, 4.69) is 0 Å². The fourth-order valence-corrected chi connectivity index (χ4v) is 1.14. The summed E-state index contributed by atoms with van der Waals surface area (Å²) in [6.07, 6.45) is 0.668. The van der Waals surface area contributed by atoms with Crippen molar-refractivity contribution in [2.24, 2.45) is 0 Å². The van der Waals surface area contributed by atoms with Crippen LogP contribution in [0.3, 0.4) is 0 Å². The van der Waals surface area contributed by atoms with Crippen molar-refractivity contribution in [2.45, 2.75) is 6.42 Å². The van der Waals surface area contributed by atoms with Crippen LogP contribution in [-0.2, 0) is 14.8 Å². The Labute approximate surface area is 60.9 Å². The van der Waals surface area contributed by atoms with Gasteiger partial charge < -0.3 is 4.79 Å². The van der Waals surface area contributed by atoms with E-state index in [9.17, 15) is 13.2 Å². The van der Waals surface area contributed by atoms with Gasteiger partial charge in [-0.2, -0.15) is 0 Å². The first-order chi connectivity index (χ1) is 4.50. The van der Waals surface area contributed by atoms with Gasteiger partial charge in [-0.15, -0.1) is 0 Å². The van der Waals surface area contributed by atoms with E-state index in [4.69, 9.17) is 0 Å². The zero-order valence-electron chi connectivity index (χ0n) is 6.07. The number of nitrogens with zero attached hydrogens (tertiary/aromatic N) is 1. The minimum atomic E-state index is -3.16. The maximum absolute atomic E-state index is 10.9. The van der Waals surface area contributed by atoms with Gasteiger partial charge in [0.15, 0.2) is 0 Å². The third-order valence-electron chi connectivity index (χ3n) is 1.05. The van der Waals surface area contributed by atoms with Crippen LogP contribution < -0.4 is 0 Å². The van der Waals surface area contributed by atoms with Gasteiger partial charge in [-0.1, -0.05) is 0 Å². The molecule has 0 fully saturated rings. The lowest BCUT2D eigenvalue weighted by atomic mass is 10.6. The average Bonchev–Trinajstić information content (AvgIpc) is 1.84. The molecule has 0 aromatic rings. The third-order valence-corrected chi connectivity index (χ3v) is 2.91. The van der Waals surface area contributed by atoms with Gasteiger partial charge in [-0.05, 0) is 0 Å². The molecule has 0 spiro atoms. The van der Waals surface area contributed by atoms with Crippen LogP contribution in [0.2, 0.25) is 0 Å². The minimum absolute atomic E-state index is 0.0700. The van der Waals surface area contributed by atoms with Gasteiger partial charge in [0.05, 0.1) is 5.75 Å². The van der Waals surface area contributed by atoms with E-state index in [1.807, 2.05) is 0 Å². The summed E-state index contributed by atoms with van der Waals surface area (Å²) in [6, 6.07) is 0. The van der Waals surface area contributed by atoms with Gasteiger partial charge in [0.2, 0.25) is 10.0 Å². The Morgan fingerprint density at radius 3 is 2.20 bits per heavy atom. The second-order valence-electron chi connectivity index (χ2n) is 2.05. The molecule has 0 aliphatic heterocycles. The predicted molar refractivity (Wildman–Crippen MR) is 38.2 cm³/mol. The highest BCUT2D eigenvalue weighted by Crippen LogP contribution is 1.94. The summed E-state index contributed by atoms with van der Waals surface area (Å²) in [6.45, 7) is 0. The summed E-state index contributed by atoms with van der Waals surface area (Å²) >= 11 is 0. The number of carbonyl (C=O) groups excluding carboxylic acids is 1. The topological polar surface area (TPSA) is 54.5 Å².